The fourth-order valence-corrected chi connectivity index (χ4v) is 1.72. The molecule has 1 aliphatic heterocycles. The zero-order valence-corrected chi connectivity index (χ0v) is 9.06. The Bertz CT molecular complexity index is 336. The summed E-state index contributed by atoms with van der Waals surface area (Å²) in [5.74, 6) is 1.04. The van der Waals surface area contributed by atoms with Crippen molar-refractivity contribution >= 4 is 11.7 Å². The fraction of sp³-hybridized carbons (Fsp3) is 0.545. The first-order chi connectivity index (χ1) is 7.84. The fourth-order valence-electron chi connectivity index (χ4n) is 1.72. The minimum absolute atomic E-state index is 0.00704. The molecular formula is C11H15N3O2. The summed E-state index contributed by atoms with van der Waals surface area (Å²) in [4.78, 5) is 19.4. The third-order valence-electron chi connectivity index (χ3n) is 2.63. The first kappa shape index (κ1) is 11.0. The van der Waals surface area contributed by atoms with Gasteiger partial charge in [0.1, 0.15) is 0 Å². The summed E-state index contributed by atoms with van der Waals surface area (Å²) < 4.78 is 5.25. The van der Waals surface area contributed by atoms with Gasteiger partial charge in [0.05, 0.1) is 6.20 Å². The van der Waals surface area contributed by atoms with E-state index >= 15 is 0 Å². The molecule has 2 heterocycles. The summed E-state index contributed by atoms with van der Waals surface area (Å²) >= 11 is 0. The van der Waals surface area contributed by atoms with E-state index in [0.717, 1.165) is 26.1 Å². The number of amides is 1. The molecule has 1 aromatic rings. The number of aromatic nitrogens is 2. The summed E-state index contributed by atoms with van der Waals surface area (Å²) in [6, 6.07) is 0. The molecule has 1 aliphatic rings. The van der Waals surface area contributed by atoms with Crippen LogP contribution in [0.5, 0.6) is 0 Å². The molecule has 1 aromatic heterocycles. The molecule has 86 valence electrons. The van der Waals surface area contributed by atoms with Crippen LogP contribution >= 0.6 is 0 Å². The summed E-state index contributed by atoms with van der Waals surface area (Å²) in [5.41, 5.74) is 0. The standard InChI is InChI=1S/C11H15N3O2/c15-11(2-1-9-3-6-16-8-9)14-10-7-12-4-5-13-10/h4-5,7,9H,1-3,6,8H2,(H,13,14,15)/t9-/m1/s1. The molecule has 0 unspecified atom stereocenters. The average molecular weight is 221 g/mol. The highest BCUT2D eigenvalue weighted by Gasteiger charge is 2.16. The van der Waals surface area contributed by atoms with Gasteiger partial charge in [-0.3, -0.25) is 9.78 Å². The van der Waals surface area contributed by atoms with Crippen LogP contribution in [0.2, 0.25) is 0 Å². The summed E-state index contributed by atoms with van der Waals surface area (Å²) in [5, 5.41) is 2.71. The predicted molar refractivity (Wildman–Crippen MR) is 58.8 cm³/mol. The van der Waals surface area contributed by atoms with E-state index in [0.29, 0.717) is 18.2 Å². The van der Waals surface area contributed by atoms with Gasteiger partial charge in [-0.15, -0.1) is 0 Å². The lowest BCUT2D eigenvalue weighted by molar-refractivity contribution is -0.116. The van der Waals surface area contributed by atoms with Crippen LogP contribution in [-0.2, 0) is 9.53 Å². The van der Waals surface area contributed by atoms with Crippen LogP contribution in [0.15, 0.2) is 18.6 Å². The monoisotopic (exact) mass is 221 g/mol. The molecule has 1 saturated heterocycles. The minimum Gasteiger partial charge on any atom is -0.381 e. The van der Waals surface area contributed by atoms with Gasteiger partial charge in [0, 0.05) is 32.0 Å². The molecule has 0 aromatic carbocycles. The van der Waals surface area contributed by atoms with Gasteiger partial charge < -0.3 is 10.1 Å². The van der Waals surface area contributed by atoms with Gasteiger partial charge in [-0.2, -0.15) is 0 Å². The Labute approximate surface area is 94.2 Å². The molecule has 1 atom stereocenters. The van der Waals surface area contributed by atoms with Gasteiger partial charge in [-0.25, -0.2) is 4.98 Å². The Hall–Kier alpha value is -1.49. The van der Waals surface area contributed by atoms with E-state index in [1.165, 1.54) is 6.20 Å². The molecule has 1 fully saturated rings. The van der Waals surface area contributed by atoms with Crippen LogP contribution in [0.3, 0.4) is 0 Å². The van der Waals surface area contributed by atoms with Gasteiger partial charge in [0.25, 0.3) is 0 Å². The smallest absolute Gasteiger partial charge is 0.225 e. The minimum atomic E-state index is -0.00704. The van der Waals surface area contributed by atoms with E-state index in [2.05, 4.69) is 15.3 Å². The molecule has 0 spiro atoms. The molecule has 5 heteroatoms. The lowest BCUT2D eigenvalue weighted by Crippen LogP contribution is -2.14. The van der Waals surface area contributed by atoms with Crippen molar-refractivity contribution < 1.29 is 9.53 Å². The number of nitrogens with zero attached hydrogens (tertiary/aromatic N) is 2. The van der Waals surface area contributed by atoms with Crippen LogP contribution < -0.4 is 5.32 Å². The quantitative estimate of drug-likeness (QED) is 0.830. The van der Waals surface area contributed by atoms with Crippen molar-refractivity contribution in [2.24, 2.45) is 5.92 Å². The Balaban J connectivity index is 1.72. The van der Waals surface area contributed by atoms with E-state index in [1.807, 2.05) is 0 Å². The van der Waals surface area contributed by atoms with Gasteiger partial charge in [-0.1, -0.05) is 0 Å². The number of ether oxygens (including phenoxy) is 1. The van der Waals surface area contributed by atoms with Crippen molar-refractivity contribution in [3.63, 3.8) is 0 Å². The maximum atomic E-state index is 11.5. The van der Waals surface area contributed by atoms with Crippen molar-refractivity contribution in [3.05, 3.63) is 18.6 Å². The highest BCUT2D eigenvalue weighted by atomic mass is 16.5. The van der Waals surface area contributed by atoms with Gasteiger partial charge in [0.2, 0.25) is 5.91 Å². The highest BCUT2D eigenvalue weighted by molar-refractivity contribution is 5.89. The third kappa shape index (κ3) is 3.27. The number of carbonyl (C=O) groups is 1. The van der Waals surface area contributed by atoms with Crippen LogP contribution in [0.25, 0.3) is 0 Å². The third-order valence-corrected chi connectivity index (χ3v) is 2.63. The van der Waals surface area contributed by atoms with Crippen LogP contribution in [0.1, 0.15) is 19.3 Å². The summed E-state index contributed by atoms with van der Waals surface area (Å²) in [6.07, 6.45) is 7.14. The second-order valence-electron chi connectivity index (χ2n) is 3.91. The first-order valence-corrected chi connectivity index (χ1v) is 5.48. The van der Waals surface area contributed by atoms with E-state index in [9.17, 15) is 4.79 Å². The normalized spacial score (nSPS) is 19.6. The molecule has 0 saturated carbocycles. The molecule has 0 radical (unpaired) electrons. The molecule has 0 bridgehead atoms. The topological polar surface area (TPSA) is 64.1 Å². The first-order valence-electron chi connectivity index (χ1n) is 5.48. The van der Waals surface area contributed by atoms with Gasteiger partial charge >= 0.3 is 0 Å². The zero-order valence-electron chi connectivity index (χ0n) is 9.06. The molecule has 2 rings (SSSR count). The number of rotatable bonds is 4. The molecule has 1 amide bonds. The van der Waals surface area contributed by atoms with Crippen LogP contribution in [0, 0.1) is 5.92 Å². The van der Waals surface area contributed by atoms with Crippen LogP contribution in [0.4, 0.5) is 5.82 Å². The highest BCUT2D eigenvalue weighted by Crippen LogP contribution is 2.18. The number of carbonyl (C=O) groups excluding carboxylic acids is 1. The molecule has 0 aliphatic carbocycles. The van der Waals surface area contributed by atoms with Crippen molar-refractivity contribution in [3.8, 4) is 0 Å². The maximum Gasteiger partial charge on any atom is 0.225 e. The largest absolute Gasteiger partial charge is 0.381 e. The second kappa shape index (κ2) is 5.55. The summed E-state index contributed by atoms with van der Waals surface area (Å²) in [6.45, 7) is 1.62. The molecule has 5 nitrogen and oxygen atoms in total. The van der Waals surface area contributed by atoms with Crippen molar-refractivity contribution in [2.75, 3.05) is 18.5 Å². The van der Waals surface area contributed by atoms with Crippen molar-refractivity contribution in [1.82, 2.24) is 9.97 Å². The number of nitrogens with one attached hydrogen (secondary N) is 1. The lowest BCUT2D eigenvalue weighted by Gasteiger charge is -2.07. The molecule has 16 heavy (non-hydrogen) atoms. The van der Waals surface area contributed by atoms with E-state index < -0.39 is 0 Å². The van der Waals surface area contributed by atoms with Crippen molar-refractivity contribution in [2.45, 2.75) is 19.3 Å². The Morgan fingerprint density at radius 3 is 3.19 bits per heavy atom. The second-order valence-corrected chi connectivity index (χ2v) is 3.91. The predicted octanol–water partition coefficient (Wildman–Crippen LogP) is 1.23. The zero-order chi connectivity index (χ0) is 11.2. The number of hydrogen-bond acceptors (Lipinski definition) is 4. The van der Waals surface area contributed by atoms with Gasteiger partial charge in [0.15, 0.2) is 5.82 Å². The van der Waals surface area contributed by atoms with Crippen LogP contribution in [-0.4, -0.2) is 29.1 Å². The Kier molecular flexibility index (Phi) is 3.82. The SMILES string of the molecule is O=C(CC[C@@H]1CCOC1)Nc1cnccn1. The van der Waals surface area contributed by atoms with Crippen molar-refractivity contribution in [1.29, 1.82) is 0 Å². The lowest BCUT2D eigenvalue weighted by atomic mass is 10.0. The number of anilines is 1. The van der Waals surface area contributed by atoms with E-state index in [4.69, 9.17) is 4.74 Å². The molecular weight excluding hydrogens is 206 g/mol. The molecule has 1 N–H and O–H groups in total. The number of hydrogen-bond donors (Lipinski definition) is 1. The maximum absolute atomic E-state index is 11.5. The average Bonchev–Trinajstić information content (AvgIpc) is 2.81. The Morgan fingerprint density at radius 2 is 2.50 bits per heavy atom. The van der Waals surface area contributed by atoms with E-state index in [-0.39, 0.29) is 5.91 Å². The summed E-state index contributed by atoms with van der Waals surface area (Å²) in [7, 11) is 0. The van der Waals surface area contributed by atoms with E-state index in [1.54, 1.807) is 12.4 Å². The Morgan fingerprint density at radius 1 is 1.56 bits per heavy atom. The van der Waals surface area contributed by atoms with Gasteiger partial charge in [-0.05, 0) is 18.8 Å².